The van der Waals surface area contributed by atoms with Gasteiger partial charge in [-0.3, -0.25) is 19.7 Å². The van der Waals surface area contributed by atoms with Crippen LogP contribution in [0.4, 0.5) is 4.39 Å². The smallest absolute Gasteiger partial charge is 0.329 e. The van der Waals surface area contributed by atoms with Gasteiger partial charge in [-0.15, -0.1) is 0 Å². The molecule has 0 radical (unpaired) electrons. The molecule has 3 amide bonds. The summed E-state index contributed by atoms with van der Waals surface area (Å²) in [5, 5.41) is 11.9. The number of aliphatic hydroxyl groups excluding tert-OH is 1. The highest BCUT2D eigenvalue weighted by Crippen LogP contribution is 2.21. The summed E-state index contributed by atoms with van der Waals surface area (Å²) in [6.07, 6.45) is -0.0603. The molecule has 2 aromatic rings. The van der Waals surface area contributed by atoms with Crippen molar-refractivity contribution in [1.29, 1.82) is 0 Å². The molecule has 0 saturated carbocycles. The van der Waals surface area contributed by atoms with Crippen LogP contribution < -0.4 is 5.32 Å². The number of ether oxygens (including phenoxy) is 1. The Hall–Kier alpha value is -3.53. The van der Waals surface area contributed by atoms with E-state index in [1.807, 2.05) is 5.32 Å². The number of carbonyl (C=O) groups is 4. The quantitative estimate of drug-likeness (QED) is 0.651. The number of carbonyl (C=O) groups excluding carboxylic acids is 4. The molecule has 9 nitrogen and oxygen atoms in total. The number of likely N-dealkylation sites (tertiary alicyclic amines) is 1. The van der Waals surface area contributed by atoms with Crippen LogP contribution in [0.15, 0.2) is 47.1 Å². The number of aliphatic hydroxyl groups is 1. The second kappa shape index (κ2) is 9.31. The lowest BCUT2D eigenvalue weighted by molar-refractivity contribution is -0.155. The molecule has 1 aliphatic heterocycles. The van der Waals surface area contributed by atoms with Gasteiger partial charge in [0.1, 0.15) is 11.9 Å². The molecule has 1 fully saturated rings. The molecule has 1 aromatic carbocycles. The van der Waals surface area contributed by atoms with Crippen LogP contribution in [0.1, 0.15) is 22.5 Å². The minimum Gasteiger partial charge on any atom is -0.459 e. The summed E-state index contributed by atoms with van der Waals surface area (Å²) in [6, 6.07) is 7.45. The average molecular weight is 418 g/mol. The number of imide groups is 1. The molecule has 2 atom stereocenters. The van der Waals surface area contributed by atoms with Crippen LogP contribution in [-0.2, 0) is 25.5 Å². The average Bonchev–Trinajstić information content (AvgIpc) is 3.38. The van der Waals surface area contributed by atoms with Gasteiger partial charge in [0.05, 0.1) is 18.8 Å². The number of nitrogens with one attached hydrogen (secondary N) is 1. The second-order valence-electron chi connectivity index (χ2n) is 6.68. The van der Waals surface area contributed by atoms with Gasteiger partial charge in [-0.1, -0.05) is 18.2 Å². The summed E-state index contributed by atoms with van der Waals surface area (Å²) >= 11 is 0. The first-order valence-corrected chi connectivity index (χ1v) is 9.10. The van der Waals surface area contributed by atoms with E-state index in [-0.39, 0.29) is 30.7 Å². The molecule has 0 spiro atoms. The Morgan fingerprint density at radius 2 is 1.97 bits per heavy atom. The van der Waals surface area contributed by atoms with Crippen molar-refractivity contribution in [2.75, 3.05) is 13.2 Å². The van der Waals surface area contributed by atoms with Crippen LogP contribution in [0.2, 0.25) is 0 Å². The molecule has 1 aliphatic rings. The van der Waals surface area contributed by atoms with Gasteiger partial charge in [0.15, 0.2) is 12.4 Å². The number of rotatable bonds is 6. The van der Waals surface area contributed by atoms with Crippen LogP contribution in [0.3, 0.4) is 0 Å². The third-order valence-corrected chi connectivity index (χ3v) is 4.51. The number of hydrogen-bond donors (Lipinski definition) is 2. The fourth-order valence-electron chi connectivity index (χ4n) is 3.08. The van der Waals surface area contributed by atoms with Crippen molar-refractivity contribution in [3.8, 4) is 0 Å². The van der Waals surface area contributed by atoms with Gasteiger partial charge in [0, 0.05) is 13.0 Å². The van der Waals surface area contributed by atoms with Crippen LogP contribution in [0, 0.1) is 5.82 Å². The molecule has 1 aromatic heterocycles. The highest BCUT2D eigenvalue weighted by Gasteiger charge is 2.40. The van der Waals surface area contributed by atoms with Crippen molar-refractivity contribution in [1.82, 2.24) is 10.2 Å². The Labute approximate surface area is 170 Å². The molecular weight excluding hydrogens is 399 g/mol. The lowest BCUT2D eigenvalue weighted by Gasteiger charge is -2.23. The number of halogens is 1. The highest BCUT2D eigenvalue weighted by molar-refractivity contribution is 6.03. The van der Waals surface area contributed by atoms with E-state index in [9.17, 15) is 28.7 Å². The van der Waals surface area contributed by atoms with Gasteiger partial charge in [0.2, 0.25) is 5.91 Å². The predicted octanol–water partition coefficient (Wildman–Crippen LogP) is 0.423. The number of hydrogen-bond acceptors (Lipinski definition) is 7. The van der Waals surface area contributed by atoms with Gasteiger partial charge in [-0.2, -0.15) is 0 Å². The number of nitrogens with zero attached hydrogens (tertiary/aromatic N) is 1. The van der Waals surface area contributed by atoms with Gasteiger partial charge in [0.25, 0.3) is 11.8 Å². The van der Waals surface area contributed by atoms with E-state index >= 15 is 0 Å². The van der Waals surface area contributed by atoms with Gasteiger partial charge < -0.3 is 19.2 Å². The van der Waals surface area contributed by atoms with Gasteiger partial charge in [-0.25, -0.2) is 9.18 Å². The van der Waals surface area contributed by atoms with Crippen LogP contribution >= 0.6 is 0 Å². The molecule has 0 aliphatic carbocycles. The van der Waals surface area contributed by atoms with Crippen LogP contribution in [-0.4, -0.2) is 59.0 Å². The molecule has 30 heavy (non-hydrogen) atoms. The SMILES string of the molecule is O=C(COC(=O)C1CC(O)CN1C(=O)Cc1ccccc1F)NC(=O)c1ccco1. The van der Waals surface area contributed by atoms with Crippen LogP contribution in [0.25, 0.3) is 0 Å². The van der Waals surface area contributed by atoms with E-state index in [1.165, 1.54) is 36.6 Å². The standard InChI is InChI=1S/C20H19FN2O7/c21-14-5-2-1-4-12(14)8-18(26)23-10-13(24)9-15(23)20(28)30-11-17(25)22-19(27)16-6-3-7-29-16/h1-7,13,15,24H,8-11H2,(H,22,25,27). The number of amides is 3. The highest BCUT2D eigenvalue weighted by atomic mass is 19.1. The van der Waals surface area contributed by atoms with E-state index in [4.69, 9.17) is 9.15 Å². The third kappa shape index (κ3) is 5.09. The Balaban J connectivity index is 1.55. The first-order valence-electron chi connectivity index (χ1n) is 9.10. The number of benzene rings is 1. The summed E-state index contributed by atoms with van der Waals surface area (Å²) in [7, 11) is 0. The maximum Gasteiger partial charge on any atom is 0.329 e. The number of furan rings is 1. The monoisotopic (exact) mass is 418 g/mol. The number of esters is 1. The first-order chi connectivity index (χ1) is 14.3. The van der Waals surface area contributed by atoms with E-state index in [0.29, 0.717) is 0 Å². The van der Waals surface area contributed by atoms with Crippen molar-refractivity contribution in [2.24, 2.45) is 0 Å². The van der Waals surface area contributed by atoms with Crippen molar-refractivity contribution >= 4 is 23.7 Å². The summed E-state index contributed by atoms with van der Waals surface area (Å²) in [6.45, 7) is -0.872. The van der Waals surface area contributed by atoms with E-state index < -0.39 is 48.3 Å². The third-order valence-electron chi connectivity index (χ3n) is 4.51. The molecule has 158 valence electrons. The van der Waals surface area contributed by atoms with E-state index in [0.717, 1.165) is 4.90 Å². The van der Waals surface area contributed by atoms with Gasteiger partial charge >= 0.3 is 5.97 Å². The molecule has 1 saturated heterocycles. The zero-order valence-corrected chi connectivity index (χ0v) is 15.7. The minimum absolute atomic E-state index is 0.0746. The first kappa shape index (κ1) is 21.2. The fraction of sp³-hybridized carbons (Fsp3) is 0.300. The molecular formula is C20H19FN2O7. The molecule has 0 bridgehead atoms. The summed E-state index contributed by atoms with van der Waals surface area (Å²) in [4.78, 5) is 49.5. The summed E-state index contributed by atoms with van der Waals surface area (Å²) in [5.74, 6) is -3.78. The molecule has 10 heteroatoms. The van der Waals surface area contributed by atoms with Gasteiger partial charge in [-0.05, 0) is 23.8 Å². The predicted molar refractivity (Wildman–Crippen MR) is 98.4 cm³/mol. The summed E-state index contributed by atoms with van der Waals surface area (Å²) in [5.41, 5.74) is 0.159. The summed E-state index contributed by atoms with van der Waals surface area (Å²) < 4.78 is 23.5. The van der Waals surface area contributed by atoms with Crippen molar-refractivity contribution in [3.63, 3.8) is 0 Å². The fourth-order valence-corrected chi connectivity index (χ4v) is 3.08. The Morgan fingerprint density at radius 3 is 2.67 bits per heavy atom. The number of β-amino-alcohol motifs (C(OH)–C–C–N with tert-alkyl or cyclic N) is 1. The van der Waals surface area contributed by atoms with E-state index in [2.05, 4.69) is 0 Å². The largest absolute Gasteiger partial charge is 0.459 e. The maximum atomic E-state index is 13.8. The normalized spacial score (nSPS) is 18.1. The lowest BCUT2D eigenvalue weighted by Crippen LogP contribution is -2.43. The van der Waals surface area contributed by atoms with Crippen molar-refractivity contribution < 1.29 is 37.8 Å². The topological polar surface area (TPSA) is 126 Å². The molecule has 2 unspecified atom stereocenters. The molecule has 2 heterocycles. The second-order valence-corrected chi connectivity index (χ2v) is 6.68. The van der Waals surface area contributed by atoms with Crippen molar-refractivity contribution in [3.05, 3.63) is 59.8 Å². The Morgan fingerprint density at radius 1 is 1.20 bits per heavy atom. The Kier molecular flexibility index (Phi) is 6.58. The maximum absolute atomic E-state index is 13.8. The van der Waals surface area contributed by atoms with Crippen LogP contribution in [0.5, 0.6) is 0 Å². The van der Waals surface area contributed by atoms with E-state index in [1.54, 1.807) is 6.07 Å². The zero-order valence-electron chi connectivity index (χ0n) is 15.7. The minimum atomic E-state index is -1.12. The lowest BCUT2D eigenvalue weighted by atomic mass is 10.1. The Bertz CT molecular complexity index is 944. The molecule has 2 N–H and O–H groups in total. The van der Waals surface area contributed by atoms with Crippen molar-refractivity contribution in [2.45, 2.75) is 25.0 Å². The molecule has 3 rings (SSSR count). The zero-order chi connectivity index (χ0) is 21.7.